The molecule has 2 bridgehead atoms. The number of carbonyl (C=O) groups is 1. The van der Waals surface area contributed by atoms with Crippen LogP contribution in [0, 0.1) is 17.8 Å². The van der Waals surface area contributed by atoms with Crippen molar-refractivity contribution in [2.45, 2.75) is 19.3 Å². The Hall–Kier alpha value is -1.65. The number of carbonyl (C=O) groups excluding carboxylic acids is 1. The summed E-state index contributed by atoms with van der Waals surface area (Å²) in [6.07, 6.45) is 8.35. The molecule has 1 aliphatic heterocycles. The third kappa shape index (κ3) is 4.18. The molecule has 4 rings (SSSR count). The van der Waals surface area contributed by atoms with Crippen LogP contribution in [0.1, 0.15) is 29.6 Å². The van der Waals surface area contributed by atoms with E-state index in [9.17, 15) is 4.79 Å². The molecule has 3 aliphatic rings. The molecule has 4 heteroatoms. The first-order valence-corrected chi connectivity index (χ1v) is 10.1. The van der Waals surface area contributed by atoms with Crippen molar-refractivity contribution in [3.63, 3.8) is 0 Å². The molecule has 2 fully saturated rings. The van der Waals surface area contributed by atoms with Crippen LogP contribution in [-0.2, 0) is 4.74 Å². The fourth-order valence-electron chi connectivity index (χ4n) is 4.74. The zero-order valence-electron chi connectivity index (χ0n) is 15.6. The molecule has 140 valence electrons. The molecule has 0 spiro atoms. The number of hydrogen-bond acceptors (Lipinski definition) is 3. The Bertz CT molecular complexity index is 624. The number of ether oxygens (including phenoxy) is 1. The van der Waals surface area contributed by atoms with Crippen molar-refractivity contribution in [2.24, 2.45) is 17.8 Å². The van der Waals surface area contributed by atoms with Gasteiger partial charge in [0.1, 0.15) is 0 Å². The van der Waals surface area contributed by atoms with Crippen molar-refractivity contribution in [1.82, 2.24) is 9.80 Å². The van der Waals surface area contributed by atoms with Crippen molar-refractivity contribution >= 4 is 5.91 Å². The van der Waals surface area contributed by atoms with Gasteiger partial charge in [-0.2, -0.15) is 0 Å². The average Bonchev–Trinajstić information content (AvgIpc) is 3.31. The van der Waals surface area contributed by atoms with Gasteiger partial charge in [0.15, 0.2) is 0 Å². The Morgan fingerprint density at radius 1 is 1.12 bits per heavy atom. The summed E-state index contributed by atoms with van der Waals surface area (Å²) in [7, 11) is 0. The number of hydrogen-bond donors (Lipinski definition) is 0. The van der Waals surface area contributed by atoms with Gasteiger partial charge < -0.3 is 9.64 Å². The highest BCUT2D eigenvalue weighted by Gasteiger charge is 2.37. The third-order valence-corrected chi connectivity index (χ3v) is 6.19. The zero-order valence-corrected chi connectivity index (χ0v) is 15.6. The Balaban J connectivity index is 1.37. The largest absolute Gasteiger partial charge is 0.379 e. The summed E-state index contributed by atoms with van der Waals surface area (Å²) in [5, 5.41) is 0. The van der Waals surface area contributed by atoms with Crippen LogP contribution >= 0.6 is 0 Å². The molecule has 0 N–H and O–H groups in total. The molecule has 1 aromatic rings. The highest BCUT2D eigenvalue weighted by atomic mass is 16.5. The van der Waals surface area contributed by atoms with Crippen molar-refractivity contribution in [3.05, 3.63) is 48.0 Å². The minimum atomic E-state index is 0.194. The molecule has 1 saturated heterocycles. The van der Waals surface area contributed by atoms with Gasteiger partial charge in [0.2, 0.25) is 0 Å². The third-order valence-electron chi connectivity index (χ3n) is 6.19. The van der Waals surface area contributed by atoms with Gasteiger partial charge in [-0.15, -0.1) is 0 Å². The van der Waals surface area contributed by atoms with Gasteiger partial charge in [-0.1, -0.05) is 30.4 Å². The van der Waals surface area contributed by atoms with E-state index in [4.69, 9.17) is 4.74 Å². The predicted octanol–water partition coefficient (Wildman–Crippen LogP) is 3.06. The molecule has 1 heterocycles. The SMILES string of the molecule is O=C(c1ccccc1)N(CCCN1CCOCC1)CC1CC2C=CC1C2. The molecule has 0 aromatic heterocycles. The van der Waals surface area contributed by atoms with E-state index in [1.54, 1.807) is 0 Å². The van der Waals surface area contributed by atoms with E-state index in [1.807, 2.05) is 30.3 Å². The van der Waals surface area contributed by atoms with E-state index >= 15 is 0 Å². The minimum absolute atomic E-state index is 0.194. The van der Waals surface area contributed by atoms with E-state index in [1.165, 1.54) is 12.8 Å². The number of nitrogens with zero attached hydrogens (tertiary/aromatic N) is 2. The summed E-state index contributed by atoms with van der Waals surface area (Å²) < 4.78 is 5.43. The highest BCUT2D eigenvalue weighted by Crippen LogP contribution is 2.43. The number of benzene rings is 1. The maximum Gasteiger partial charge on any atom is 0.253 e. The van der Waals surface area contributed by atoms with Crippen LogP contribution in [0.5, 0.6) is 0 Å². The van der Waals surface area contributed by atoms with E-state index in [-0.39, 0.29) is 5.91 Å². The summed E-state index contributed by atoms with van der Waals surface area (Å²) in [6, 6.07) is 9.77. The van der Waals surface area contributed by atoms with Gasteiger partial charge in [-0.3, -0.25) is 9.69 Å². The lowest BCUT2D eigenvalue weighted by atomic mass is 9.93. The van der Waals surface area contributed by atoms with Crippen LogP contribution in [0.4, 0.5) is 0 Å². The van der Waals surface area contributed by atoms with Gasteiger partial charge in [0.25, 0.3) is 5.91 Å². The Morgan fingerprint density at radius 2 is 1.92 bits per heavy atom. The van der Waals surface area contributed by atoms with E-state index in [0.29, 0.717) is 11.8 Å². The van der Waals surface area contributed by atoms with E-state index in [0.717, 1.165) is 63.8 Å². The first kappa shape index (κ1) is 17.7. The smallest absolute Gasteiger partial charge is 0.253 e. The van der Waals surface area contributed by atoms with Crippen molar-refractivity contribution < 1.29 is 9.53 Å². The Kier molecular flexibility index (Phi) is 5.71. The molecular weight excluding hydrogens is 324 g/mol. The number of fused-ring (bicyclic) bond motifs is 2. The molecule has 1 saturated carbocycles. The van der Waals surface area contributed by atoms with Crippen molar-refractivity contribution in [2.75, 3.05) is 45.9 Å². The molecule has 3 atom stereocenters. The second kappa shape index (κ2) is 8.36. The topological polar surface area (TPSA) is 32.8 Å². The lowest BCUT2D eigenvalue weighted by Gasteiger charge is -2.31. The van der Waals surface area contributed by atoms with Crippen LogP contribution in [0.25, 0.3) is 0 Å². The van der Waals surface area contributed by atoms with Crippen LogP contribution < -0.4 is 0 Å². The zero-order chi connectivity index (χ0) is 17.8. The van der Waals surface area contributed by atoms with E-state index < -0.39 is 0 Å². The Labute approximate surface area is 156 Å². The summed E-state index contributed by atoms with van der Waals surface area (Å²) in [5.41, 5.74) is 0.817. The maximum absolute atomic E-state index is 13.1. The molecule has 0 radical (unpaired) electrons. The van der Waals surface area contributed by atoms with Gasteiger partial charge in [-0.05, 0) is 49.1 Å². The highest BCUT2D eigenvalue weighted by molar-refractivity contribution is 5.94. The monoisotopic (exact) mass is 354 g/mol. The standard InChI is InChI=1S/C22H30N2O2/c25-22(19-5-2-1-3-6-19)24(10-4-9-23-11-13-26-14-12-23)17-21-16-18-7-8-20(21)15-18/h1-3,5-8,18,20-21H,4,9-17H2. The summed E-state index contributed by atoms with van der Waals surface area (Å²) >= 11 is 0. The second-order valence-corrected chi connectivity index (χ2v) is 7.97. The first-order chi connectivity index (χ1) is 12.8. The number of morpholine rings is 1. The van der Waals surface area contributed by atoms with Gasteiger partial charge in [-0.25, -0.2) is 0 Å². The summed E-state index contributed by atoms with van der Waals surface area (Å²) in [4.78, 5) is 17.7. The fraction of sp³-hybridized carbons (Fsp3) is 0.591. The summed E-state index contributed by atoms with van der Waals surface area (Å²) in [5.74, 6) is 2.28. The quantitative estimate of drug-likeness (QED) is 0.706. The molecule has 1 aromatic carbocycles. The molecule has 1 amide bonds. The van der Waals surface area contributed by atoms with Crippen LogP contribution in [0.3, 0.4) is 0 Å². The lowest BCUT2D eigenvalue weighted by Crippen LogP contribution is -2.40. The predicted molar refractivity (Wildman–Crippen MR) is 103 cm³/mol. The first-order valence-electron chi connectivity index (χ1n) is 10.1. The van der Waals surface area contributed by atoms with Gasteiger partial charge >= 0.3 is 0 Å². The number of amides is 1. The molecular formula is C22H30N2O2. The second-order valence-electron chi connectivity index (χ2n) is 7.97. The molecule has 26 heavy (non-hydrogen) atoms. The molecule has 3 unspecified atom stereocenters. The van der Waals surface area contributed by atoms with Crippen molar-refractivity contribution in [1.29, 1.82) is 0 Å². The average molecular weight is 354 g/mol. The fourth-order valence-corrected chi connectivity index (χ4v) is 4.74. The lowest BCUT2D eigenvalue weighted by molar-refractivity contribution is 0.0353. The van der Waals surface area contributed by atoms with Gasteiger partial charge in [0, 0.05) is 38.3 Å². The van der Waals surface area contributed by atoms with Crippen molar-refractivity contribution in [3.8, 4) is 0 Å². The number of allylic oxidation sites excluding steroid dienone is 2. The normalized spacial score (nSPS) is 27.8. The Morgan fingerprint density at radius 3 is 2.62 bits per heavy atom. The van der Waals surface area contributed by atoms with Crippen LogP contribution in [-0.4, -0.2) is 61.6 Å². The maximum atomic E-state index is 13.1. The van der Waals surface area contributed by atoms with Crippen LogP contribution in [0.15, 0.2) is 42.5 Å². The minimum Gasteiger partial charge on any atom is -0.379 e. The summed E-state index contributed by atoms with van der Waals surface area (Å²) in [6.45, 7) is 6.52. The number of rotatable bonds is 7. The molecule has 2 aliphatic carbocycles. The van der Waals surface area contributed by atoms with Crippen LogP contribution in [0.2, 0.25) is 0 Å². The van der Waals surface area contributed by atoms with E-state index in [2.05, 4.69) is 22.0 Å². The molecule has 4 nitrogen and oxygen atoms in total. The van der Waals surface area contributed by atoms with Gasteiger partial charge in [0.05, 0.1) is 13.2 Å².